The largest absolute Gasteiger partial charge is 0.461 e. The predicted octanol–water partition coefficient (Wildman–Crippen LogP) is 4.75. The highest BCUT2D eigenvalue weighted by Crippen LogP contribution is 2.35. The maximum absolute atomic E-state index is 13.9. The number of furan rings is 1. The topological polar surface area (TPSA) is 13.1 Å². The van der Waals surface area contributed by atoms with Crippen molar-refractivity contribution >= 4 is 0 Å². The summed E-state index contributed by atoms with van der Waals surface area (Å²) in [7, 11) is 0. The van der Waals surface area contributed by atoms with Gasteiger partial charge < -0.3 is 4.42 Å². The van der Waals surface area contributed by atoms with Gasteiger partial charge in [0.2, 0.25) is 0 Å². The second kappa shape index (κ2) is 4.49. The molecule has 1 heterocycles. The molecule has 2 heteroatoms. The zero-order valence-electron chi connectivity index (χ0n) is 9.64. The molecular weight excluding hydrogens is 227 g/mol. The molecule has 0 atom stereocenters. The number of hydrogen-bond acceptors (Lipinski definition) is 1. The molecule has 0 aliphatic carbocycles. The summed E-state index contributed by atoms with van der Waals surface area (Å²) in [5.41, 5.74) is 2.21. The van der Waals surface area contributed by atoms with Gasteiger partial charge in [-0.3, -0.25) is 0 Å². The fraction of sp³-hybridized carbons (Fsp3) is 0. The van der Waals surface area contributed by atoms with E-state index in [1.54, 1.807) is 0 Å². The zero-order chi connectivity index (χ0) is 12.4. The Hall–Kier alpha value is -2.35. The normalized spacial score (nSPS) is 10.5. The van der Waals surface area contributed by atoms with Crippen molar-refractivity contribution in [3.63, 3.8) is 0 Å². The Bertz CT molecular complexity index is 641. The summed E-state index contributed by atoms with van der Waals surface area (Å²) in [5.74, 6) is 0.236. The van der Waals surface area contributed by atoms with E-state index < -0.39 is 0 Å². The highest BCUT2D eigenvalue weighted by atomic mass is 19.1. The van der Waals surface area contributed by atoms with Gasteiger partial charge in [0, 0.05) is 5.56 Å². The Morgan fingerprint density at radius 1 is 0.722 bits per heavy atom. The molecule has 88 valence electrons. The number of hydrogen-bond donors (Lipinski definition) is 0. The molecule has 0 amide bonds. The summed E-state index contributed by atoms with van der Waals surface area (Å²) in [6, 6.07) is 19.0. The lowest BCUT2D eigenvalue weighted by molar-refractivity contribution is 0.541. The quantitative estimate of drug-likeness (QED) is 0.627. The third-order valence-corrected chi connectivity index (χ3v) is 2.84. The van der Waals surface area contributed by atoms with E-state index in [2.05, 4.69) is 0 Å². The van der Waals surface area contributed by atoms with Gasteiger partial charge in [-0.1, -0.05) is 60.7 Å². The summed E-state index contributed by atoms with van der Waals surface area (Å²) in [6.07, 6.45) is 1.16. The van der Waals surface area contributed by atoms with E-state index in [9.17, 15) is 4.39 Å². The van der Waals surface area contributed by atoms with Crippen LogP contribution >= 0.6 is 0 Å². The minimum absolute atomic E-state index is 0.333. The van der Waals surface area contributed by atoms with E-state index in [1.807, 2.05) is 60.7 Å². The van der Waals surface area contributed by atoms with Crippen LogP contribution in [0.25, 0.3) is 22.5 Å². The van der Waals surface area contributed by atoms with Crippen molar-refractivity contribution in [2.45, 2.75) is 0 Å². The highest BCUT2D eigenvalue weighted by Gasteiger charge is 2.16. The van der Waals surface area contributed by atoms with Gasteiger partial charge in [0.1, 0.15) is 12.0 Å². The first kappa shape index (κ1) is 10.8. The Morgan fingerprint density at radius 3 is 1.89 bits per heavy atom. The second-order valence-electron chi connectivity index (χ2n) is 4.02. The van der Waals surface area contributed by atoms with Gasteiger partial charge in [-0.15, -0.1) is 0 Å². The van der Waals surface area contributed by atoms with Crippen molar-refractivity contribution in [1.82, 2.24) is 0 Å². The molecule has 0 unspecified atom stereocenters. The van der Waals surface area contributed by atoms with Crippen LogP contribution in [-0.4, -0.2) is 0 Å². The van der Waals surface area contributed by atoms with Crippen molar-refractivity contribution in [3.05, 3.63) is 72.7 Å². The lowest BCUT2D eigenvalue weighted by Crippen LogP contribution is -1.82. The third kappa shape index (κ3) is 1.82. The zero-order valence-corrected chi connectivity index (χ0v) is 9.64. The van der Waals surface area contributed by atoms with Crippen molar-refractivity contribution in [2.75, 3.05) is 0 Å². The number of benzene rings is 2. The molecule has 0 saturated carbocycles. The Morgan fingerprint density at radius 2 is 1.28 bits per heavy atom. The molecular formula is C16H11FO. The van der Waals surface area contributed by atoms with Crippen LogP contribution in [0.1, 0.15) is 0 Å². The number of rotatable bonds is 2. The predicted molar refractivity (Wildman–Crippen MR) is 69.5 cm³/mol. The van der Waals surface area contributed by atoms with Crippen LogP contribution in [0.2, 0.25) is 0 Å². The summed E-state index contributed by atoms with van der Waals surface area (Å²) in [6.45, 7) is 0. The average molecular weight is 238 g/mol. The molecule has 0 bridgehead atoms. The summed E-state index contributed by atoms with van der Waals surface area (Å²) < 4.78 is 19.2. The van der Waals surface area contributed by atoms with Gasteiger partial charge >= 0.3 is 0 Å². The Labute approximate surface area is 105 Å². The molecule has 1 aromatic heterocycles. The lowest BCUT2D eigenvalue weighted by Gasteiger charge is -2.03. The van der Waals surface area contributed by atoms with E-state index >= 15 is 0 Å². The smallest absolute Gasteiger partial charge is 0.169 e. The van der Waals surface area contributed by atoms with Gasteiger partial charge in [-0.05, 0) is 5.56 Å². The molecule has 2 aromatic carbocycles. The monoisotopic (exact) mass is 238 g/mol. The van der Waals surface area contributed by atoms with Crippen molar-refractivity contribution < 1.29 is 8.81 Å². The highest BCUT2D eigenvalue weighted by molar-refractivity contribution is 5.80. The minimum atomic E-state index is -0.333. The first-order valence-corrected chi connectivity index (χ1v) is 5.74. The molecule has 0 aliphatic rings. The molecule has 0 N–H and O–H groups in total. The average Bonchev–Trinajstić information content (AvgIpc) is 2.83. The maximum atomic E-state index is 13.9. The standard InChI is InChI=1S/C16H11FO/c17-14-11-18-16(13-9-5-2-6-10-13)15(14)12-7-3-1-4-8-12/h1-11H. The first-order chi connectivity index (χ1) is 8.86. The lowest BCUT2D eigenvalue weighted by atomic mass is 10.0. The second-order valence-corrected chi connectivity index (χ2v) is 4.02. The van der Waals surface area contributed by atoms with Crippen molar-refractivity contribution in [2.24, 2.45) is 0 Å². The number of halogens is 1. The van der Waals surface area contributed by atoms with Crippen LogP contribution in [0.4, 0.5) is 4.39 Å². The third-order valence-electron chi connectivity index (χ3n) is 2.84. The maximum Gasteiger partial charge on any atom is 0.169 e. The summed E-state index contributed by atoms with van der Waals surface area (Å²) >= 11 is 0. The van der Waals surface area contributed by atoms with E-state index in [1.165, 1.54) is 0 Å². The molecule has 3 rings (SSSR count). The van der Waals surface area contributed by atoms with Crippen LogP contribution in [0.3, 0.4) is 0 Å². The fourth-order valence-corrected chi connectivity index (χ4v) is 2.01. The Kier molecular flexibility index (Phi) is 2.69. The first-order valence-electron chi connectivity index (χ1n) is 5.74. The SMILES string of the molecule is Fc1coc(-c2ccccc2)c1-c1ccccc1. The molecule has 0 spiro atoms. The van der Waals surface area contributed by atoms with E-state index in [4.69, 9.17) is 4.42 Å². The van der Waals surface area contributed by atoms with E-state index in [-0.39, 0.29) is 5.82 Å². The fourth-order valence-electron chi connectivity index (χ4n) is 2.01. The van der Waals surface area contributed by atoms with Gasteiger partial charge in [0.15, 0.2) is 5.82 Å². The van der Waals surface area contributed by atoms with Crippen LogP contribution in [0.15, 0.2) is 71.3 Å². The van der Waals surface area contributed by atoms with Crippen LogP contribution in [-0.2, 0) is 0 Å². The molecule has 18 heavy (non-hydrogen) atoms. The van der Waals surface area contributed by atoms with E-state index in [0.29, 0.717) is 11.3 Å². The van der Waals surface area contributed by atoms with Crippen molar-refractivity contribution in [1.29, 1.82) is 0 Å². The van der Waals surface area contributed by atoms with Gasteiger partial charge in [0.05, 0.1) is 5.56 Å². The summed E-state index contributed by atoms with van der Waals surface area (Å²) in [5, 5.41) is 0. The molecule has 0 saturated heterocycles. The minimum Gasteiger partial charge on any atom is -0.461 e. The van der Waals surface area contributed by atoms with Gasteiger partial charge in [-0.2, -0.15) is 0 Å². The molecule has 0 aliphatic heterocycles. The van der Waals surface area contributed by atoms with Crippen LogP contribution in [0, 0.1) is 5.82 Å². The summed E-state index contributed by atoms with van der Waals surface area (Å²) in [4.78, 5) is 0. The van der Waals surface area contributed by atoms with Gasteiger partial charge in [-0.25, -0.2) is 4.39 Å². The van der Waals surface area contributed by atoms with E-state index in [0.717, 1.165) is 17.4 Å². The molecule has 0 radical (unpaired) electrons. The molecule has 3 aromatic rings. The molecule has 0 fully saturated rings. The van der Waals surface area contributed by atoms with Crippen LogP contribution < -0.4 is 0 Å². The van der Waals surface area contributed by atoms with Crippen molar-refractivity contribution in [3.8, 4) is 22.5 Å². The molecule has 1 nitrogen and oxygen atoms in total. The van der Waals surface area contributed by atoms with Gasteiger partial charge in [0.25, 0.3) is 0 Å². The van der Waals surface area contributed by atoms with Crippen LogP contribution in [0.5, 0.6) is 0 Å². The Balaban J connectivity index is 2.19.